The highest BCUT2D eigenvalue weighted by Crippen LogP contribution is 2.47. The number of hydrogen-bond acceptors (Lipinski definition) is 12. The molecule has 1 N–H and O–H groups in total. The molecule has 2 aliphatic heterocycles. The molecule has 2 unspecified atom stereocenters. The summed E-state index contributed by atoms with van der Waals surface area (Å²) in [6, 6.07) is 5.66. The molecule has 2 saturated heterocycles. The van der Waals surface area contributed by atoms with Crippen molar-refractivity contribution < 1.29 is 42.1 Å². The van der Waals surface area contributed by atoms with Gasteiger partial charge in [-0.3, -0.25) is 5.32 Å². The highest BCUT2D eigenvalue weighted by Gasteiger charge is 2.41. The van der Waals surface area contributed by atoms with Gasteiger partial charge in [0.05, 0.1) is 21.3 Å². The van der Waals surface area contributed by atoms with Crippen LogP contribution < -0.4 is 15.0 Å². The molecule has 2 atom stereocenters. The van der Waals surface area contributed by atoms with E-state index in [0.717, 1.165) is 30.2 Å². The number of nitrogens with zero attached hydrogens (tertiary/aromatic N) is 5. The van der Waals surface area contributed by atoms with Gasteiger partial charge in [-0.15, -0.1) is 11.3 Å². The molecule has 2 amide bonds. The summed E-state index contributed by atoms with van der Waals surface area (Å²) in [5, 5.41) is 13.1. The summed E-state index contributed by atoms with van der Waals surface area (Å²) in [4.78, 5) is 38.8. The van der Waals surface area contributed by atoms with Crippen molar-refractivity contribution in [3.05, 3.63) is 40.4 Å². The first-order valence-corrected chi connectivity index (χ1v) is 18.9. The molecule has 6 rings (SSSR count). The highest BCUT2D eigenvalue weighted by molar-refractivity contribution is 7.23. The van der Waals surface area contributed by atoms with E-state index >= 15 is 8.78 Å². The van der Waals surface area contributed by atoms with Crippen LogP contribution in [0.15, 0.2) is 18.2 Å². The average molecular weight is 801 g/mol. The van der Waals surface area contributed by atoms with E-state index in [4.69, 9.17) is 40.3 Å². The van der Waals surface area contributed by atoms with Crippen molar-refractivity contribution in [3.8, 4) is 23.2 Å². The standard InChI is InChI=1S/C38H43ClF2N6O7S/c1-37(2,3)53-35(48)45-33-23(15-42)27-21(9-10-25(40)31(27)55-33)28-24(39)14-22-30(29(28)41)43-34(52-18-26(50-7)51-8)44-32(22)46-12-11-19-13-20(17-46)47(16-19)36(49)54-38(4,5)6/h9-10,14,19-20,26H,11-13,16-18H2,1-8H3,(H,45,48). The Morgan fingerprint density at radius 2 is 1.80 bits per heavy atom. The first kappa shape index (κ1) is 40.1. The predicted octanol–water partition coefficient (Wildman–Crippen LogP) is 8.50. The van der Waals surface area contributed by atoms with E-state index in [-0.39, 0.29) is 72.3 Å². The molecule has 0 spiro atoms. The second kappa shape index (κ2) is 15.5. The molecule has 2 bridgehead atoms. The van der Waals surface area contributed by atoms with Gasteiger partial charge in [0.15, 0.2) is 12.1 Å². The van der Waals surface area contributed by atoms with E-state index in [1.54, 1.807) is 25.7 Å². The van der Waals surface area contributed by atoms with E-state index in [1.807, 2.05) is 31.7 Å². The molecule has 2 fully saturated rings. The Kier molecular flexibility index (Phi) is 11.3. The molecule has 17 heteroatoms. The van der Waals surface area contributed by atoms with Crippen LogP contribution >= 0.6 is 22.9 Å². The van der Waals surface area contributed by atoms with Crippen LogP contribution in [0.25, 0.3) is 32.1 Å². The van der Waals surface area contributed by atoms with Gasteiger partial charge in [0.1, 0.15) is 46.0 Å². The number of benzene rings is 2. The fourth-order valence-electron chi connectivity index (χ4n) is 6.88. The maximum Gasteiger partial charge on any atom is 0.412 e. The van der Waals surface area contributed by atoms with Crippen LogP contribution in [0, 0.1) is 28.9 Å². The molecule has 55 heavy (non-hydrogen) atoms. The minimum absolute atomic E-state index is 0.00223. The molecular formula is C38H43ClF2N6O7S. The Morgan fingerprint density at radius 3 is 2.45 bits per heavy atom. The lowest BCUT2D eigenvalue weighted by Gasteiger charge is -2.34. The Labute approximate surface area is 326 Å². The van der Waals surface area contributed by atoms with E-state index < -0.39 is 41.3 Å². The van der Waals surface area contributed by atoms with Crippen LogP contribution in [-0.2, 0) is 18.9 Å². The van der Waals surface area contributed by atoms with Crippen LogP contribution in [0.4, 0.5) is 29.2 Å². The highest BCUT2D eigenvalue weighted by atomic mass is 35.5. The fourth-order valence-corrected chi connectivity index (χ4v) is 8.24. The fraction of sp³-hybridized carbons (Fsp3) is 0.500. The number of carbonyl (C=O) groups is 2. The monoisotopic (exact) mass is 800 g/mol. The number of amides is 2. The number of anilines is 2. The quantitative estimate of drug-likeness (QED) is 0.171. The van der Waals surface area contributed by atoms with Crippen molar-refractivity contribution in [2.45, 2.75) is 77.9 Å². The molecule has 13 nitrogen and oxygen atoms in total. The number of aromatic nitrogens is 2. The number of nitrogens with one attached hydrogen (secondary N) is 1. The SMILES string of the molecule is COC(COc1nc(N2CCC3CC(C2)N(C(=O)OC(C)(C)C)C3)c2cc(Cl)c(-c3ccc(F)c4sc(NC(=O)OC(C)(C)C)c(C#N)c34)c(F)c2n1)OC. The molecule has 0 saturated carbocycles. The molecule has 2 aromatic carbocycles. The van der Waals surface area contributed by atoms with Crippen LogP contribution in [0.1, 0.15) is 59.9 Å². The van der Waals surface area contributed by atoms with E-state index in [9.17, 15) is 14.9 Å². The van der Waals surface area contributed by atoms with Crippen molar-refractivity contribution in [1.82, 2.24) is 14.9 Å². The first-order valence-electron chi connectivity index (χ1n) is 17.7. The van der Waals surface area contributed by atoms with Crippen LogP contribution in [-0.4, -0.2) is 91.0 Å². The summed E-state index contributed by atoms with van der Waals surface area (Å²) < 4.78 is 60.2. The lowest BCUT2D eigenvalue weighted by Crippen LogP contribution is -2.46. The summed E-state index contributed by atoms with van der Waals surface area (Å²) >= 11 is 7.76. The van der Waals surface area contributed by atoms with Gasteiger partial charge in [0.2, 0.25) is 0 Å². The van der Waals surface area contributed by atoms with Gasteiger partial charge in [-0.25, -0.2) is 18.4 Å². The number of halogens is 3. The molecule has 4 aromatic rings. The van der Waals surface area contributed by atoms with Crippen LogP contribution in [0.2, 0.25) is 5.02 Å². The maximum atomic E-state index is 17.3. The van der Waals surface area contributed by atoms with E-state index in [0.29, 0.717) is 25.5 Å². The van der Waals surface area contributed by atoms with Gasteiger partial charge in [-0.05, 0) is 78.0 Å². The summed E-state index contributed by atoms with van der Waals surface area (Å²) in [7, 11) is 2.89. The number of thiophene rings is 1. The second-order valence-corrected chi connectivity index (χ2v) is 16.9. The minimum Gasteiger partial charge on any atom is -0.458 e. The Morgan fingerprint density at radius 1 is 1.09 bits per heavy atom. The lowest BCUT2D eigenvalue weighted by atomic mass is 9.97. The number of methoxy groups -OCH3 is 2. The van der Waals surface area contributed by atoms with Crippen molar-refractivity contribution >= 4 is 66.9 Å². The van der Waals surface area contributed by atoms with Crippen LogP contribution in [0.5, 0.6) is 6.01 Å². The number of nitriles is 1. The zero-order valence-electron chi connectivity index (χ0n) is 31.8. The molecule has 2 aliphatic rings. The maximum absolute atomic E-state index is 17.3. The van der Waals surface area contributed by atoms with E-state index in [1.165, 1.54) is 26.4 Å². The van der Waals surface area contributed by atoms with Gasteiger partial charge in [-0.1, -0.05) is 17.7 Å². The Bertz CT molecular complexity index is 2180. The average Bonchev–Trinajstić information content (AvgIpc) is 3.59. The number of likely N-dealkylation sites (tertiary alicyclic amines) is 1. The van der Waals surface area contributed by atoms with Crippen molar-refractivity contribution in [1.29, 1.82) is 5.26 Å². The number of carbonyl (C=O) groups excluding carboxylic acids is 2. The van der Waals surface area contributed by atoms with Gasteiger partial charge in [0, 0.05) is 50.2 Å². The summed E-state index contributed by atoms with van der Waals surface area (Å²) in [5.41, 5.74) is -1.80. The molecule has 294 valence electrons. The second-order valence-electron chi connectivity index (χ2n) is 15.5. The Balaban J connectivity index is 1.48. The van der Waals surface area contributed by atoms with Crippen molar-refractivity contribution in [2.75, 3.05) is 50.7 Å². The molecule has 0 aliphatic carbocycles. The van der Waals surface area contributed by atoms with Gasteiger partial charge in [0.25, 0.3) is 0 Å². The number of hydrogen-bond donors (Lipinski definition) is 1. The largest absolute Gasteiger partial charge is 0.458 e. The van der Waals surface area contributed by atoms with Crippen LogP contribution in [0.3, 0.4) is 0 Å². The topological polar surface area (TPSA) is 148 Å². The molecule has 2 aromatic heterocycles. The molecule has 4 heterocycles. The van der Waals surface area contributed by atoms with Gasteiger partial charge in [-0.2, -0.15) is 15.2 Å². The summed E-state index contributed by atoms with van der Waals surface area (Å²) in [6.45, 7) is 11.9. The Hall–Kier alpha value is -4.56. The first-order chi connectivity index (χ1) is 25.9. The summed E-state index contributed by atoms with van der Waals surface area (Å²) in [6.07, 6.45) is -0.530. The summed E-state index contributed by atoms with van der Waals surface area (Å²) in [5.74, 6) is -1.01. The predicted molar refractivity (Wildman–Crippen MR) is 205 cm³/mol. The smallest absolute Gasteiger partial charge is 0.412 e. The van der Waals surface area contributed by atoms with Crippen molar-refractivity contribution in [3.63, 3.8) is 0 Å². The third kappa shape index (κ3) is 8.50. The number of ether oxygens (including phenoxy) is 5. The third-order valence-electron chi connectivity index (χ3n) is 9.17. The number of fused-ring (bicyclic) bond motifs is 4. The number of rotatable bonds is 8. The molecule has 0 radical (unpaired) electrons. The molecular weight excluding hydrogens is 758 g/mol. The van der Waals surface area contributed by atoms with Crippen molar-refractivity contribution in [2.24, 2.45) is 5.92 Å². The third-order valence-corrected chi connectivity index (χ3v) is 10.6. The van der Waals surface area contributed by atoms with Gasteiger partial charge >= 0.3 is 18.2 Å². The van der Waals surface area contributed by atoms with Gasteiger partial charge < -0.3 is 33.5 Å². The zero-order valence-corrected chi connectivity index (χ0v) is 33.4. The lowest BCUT2D eigenvalue weighted by molar-refractivity contribution is -0.123. The zero-order chi connectivity index (χ0) is 40.0. The normalized spacial score (nSPS) is 17.4. The minimum atomic E-state index is -0.873. The van der Waals surface area contributed by atoms with E-state index in [2.05, 4.69) is 10.3 Å².